The Morgan fingerprint density at radius 3 is 2.35 bits per heavy atom. The second-order valence-corrected chi connectivity index (χ2v) is 6.22. The SMILES string of the molecule is CCCNC(CN(C)CC(C)C)C1CCCC1. The van der Waals surface area contributed by atoms with E-state index in [0.717, 1.165) is 17.9 Å². The molecule has 0 heterocycles. The maximum Gasteiger partial charge on any atom is 0.0223 e. The van der Waals surface area contributed by atoms with Crippen molar-refractivity contribution in [1.82, 2.24) is 10.2 Å². The minimum Gasteiger partial charge on any atom is -0.312 e. The van der Waals surface area contributed by atoms with Crippen molar-refractivity contribution in [2.75, 3.05) is 26.7 Å². The fourth-order valence-electron chi connectivity index (χ4n) is 3.10. The Morgan fingerprint density at radius 2 is 1.82 bits per heavy atom. The normalized spacial score (nSPS) is 19.4. The molecule has 102 valence electrons. The Hall–Kier alpha value is -0.0800. The Balaban J connectivity index is 2.38. The molecular weight excluding hydrogens is 208 g/mol. The van der Waals surface area contributed by atoms with Crippen molar-refractivity contribution in [2.24, 2.45) is 11.8 Å². The van der Waals surface area contributed by atoms with Gasteiger partial charge in [0, 0.05) is 19.1 Å². The molecule has 0 aliphatic heterocycles. The molecule has 0 aromatic carbocycles. The van der Waals surface area contributed by atoms with E-state index in [0.29, 0.717) is 0 Å². The van der Waals surface area contributed by atoms with Crippen LogP contribution in [0.25, 0.3) is 0 Å². The number of likely N-dealkylation sites (N-methyl/N-ethyl adjacent to an activating group) is 1. The Labute approximate surface area is 108 Å². The van der Waals surface area contributed by atoms with Gasteiger partial charge in [0.05, 0.1) is 0 Å². The summed E-state index contributed by atoms with van der Waals surface area (Å²) >= 11 is 0. The van der Waals surface area contributed by atoms with Crippen molar-refractivity contribution in [2.45, 2.75) is 58.9 Å². The van der Waals surface area contributed by atoms with E-state index < -0.39 is 0 Å². The van der Waals surface area contributed by atoms with Crippen molar-refractivity contribution in [1.29, 1.82) is 0 Å². The highest BCUT2D eigenvalue weighted by Gasteiger charge is 2.25. The molecule has 0 bridgehead atoms. The average molecular weight is 240 g/mol. The summed E-state index contributed by atoms with van der Waals surface area (Å²) in [5.74, 6) is 1.70. The van der Waals surface area contributed by atoms with Gasteiger partial charge >= 0.3 is 0 Å². The third kappa shape index (κ3) is 5.87. The molecule has 1 fully saturated rings. The summed E-state index contributed by atoms with van der Waals surface area (Å²) in [5, 5.41) is 3.77. The first-order chi connectivity index (χ1) is 8.13. The number of hydrogen-bond acceptors (Lipinski definition) is 2. The molecule has 1 atom stereocenters. The molecule has 1 aliphatic carbocycles. The van der Waals surface area contributed by atoms with Crippen molar-refractivity contribution >= 4 is 0 Å². The molecule has 0 radical (unpaired) electrons. The topological polar surface area (TPSA) is 15.3 Å². The van der Waals surface area contributed by atoms with Gasteiger partial charge in [-0.3, -0.25) is 0 Å². The molecule has 0 aromatic rings. The maximum absolute atomic E-state index is 3.77. The number of hydrogen-bond donors (Lipinski definition) is 1. The zero-order valence-electron chi connectivity index (χ0n) is 12.3. The predicted molar refractivity (Wildman–Crippen MR) is 76.4 cm³/mol. The van der Waals surface area contributed by atoms with Crippen LogP contribution in [0.15, 0.2) is 0 Å². The monoisotopic (exact) mass is 240 g/mol. The van der Waals surface area contributed by atoms with Crippen molar-refractivity contribution in [3.8, 4) is 0 Å². The van der Waals surface area contributed by atoms with Gasteiger partial charge in [0.15, 0.2) is 0 Å². The van der Waals surface area contributed by atoms with Crippen molar-refractivity contribution < 1.29 is 0 Å². The molecule has 17 heavy (non-hydrogen) atoms. The molecule has 1 rings (SSSR count). The smallest absolute Gasteiger partial charge is 0.0223 e. The Bertz CT molecular complexity index is 185. The van der Waals surface area contributed by atoms with Gasteiger partial charge in [-0.1, -0.05) is 33.6 Å². The minimum atomic E-state index is 0.723. The van der Waals surface area contributed by atoms with Crippen LogP contribution in [-0.4, -0.2) is 37.6 Å². The summed E-state index contributed by atoms with van der Waals surface area (Å²) in [4.78, 5) is 2.51. The van der Waals surface area contributed by atoms with E-state index in [1.807, 2.05) is 0 Å². The summed E-state index contributed by atoms with van der Waals surface area (Å²) in [6.45, 7) is 10.5. The fourth-order valence-corrected chi connectivity index (χ4v) is 3.10. The standard InChI is InChI=1S/C15H32N2/c1-5-10-16-15(14-8-6-7-9-14)12-17(4)11-13(2)3/h13-16H,5-12H2,1-4H3. The van der Waals surface area contributed by atoms with Crippen LogP contribution in [0.2, 0.25) is 0 Å². The molecular formula is C15H32N2. The van der Waals surface area contributed by atoms with Gasteiger partial charge in [-0.2, -0.15) is 0 Å². The summed E-state index contributed by atoms with van der Waals surface area (Å²) in [6.07, 6.45) is 7.02. The van der Waals surface area contributed by atoms with Gasteiger partial charge < -0.3 is 10.2 Å². The first-order valence-corrected chi connectivity index (χ1v) is 7.55. The summed E-state index contributed by atoms with van der Waals surface area (Å²) in [5.41, 5.74) is 0. The largest absolute Gasteiger partial charge is 0.312 e. The van der Waals surface area contributed by atoms with E-state index in [4.69, 9.17) is 0 Å². The van der Waals surface area contributed by atoms with Gasteiger partial charge in [0.2, 0.25) is 0 Å². The van der Waals surface area contributed by atoms with Crippen LogP contribution in [0.1, 0.15) is 52.9 Å². The molecule has 0 spiro atoms. The van der Waals surface area contributed by atoms with Crippen LogP contribution in [0.4, 0.5) is 0 Å². The highest BCUT2D eigenvalue weighted by atomic mass is 15.1. The lowest BCUT2D eigenvalue weighted by molar-refractivity contribution is 0.223. The molecule has 0 saturated heterocycles. The van der Waals surface area contributed by atoms with Crippen LogP contribution in [0.3, 0.4) is 0 Å². The second kappa shape index (κ2) is 8.10. The second-order valence-electron chi connectivity index (χ2n) is 6.22. The van der Waals surface area contributed by atoms with Gasteiger partial charge in [-0.05, 0) is 44.7 Å². The quantitative estimate of drug-likeness (QED) is 0.701. The van der Waals surface area contributed by atoms with Gasteiger partial charge in [-0.25, -0.2) is 0 Å². The van der Waals surface area contributed by atoms with E-state index in [9.17, 15) is 0 Å². The van der Waals surface area contributed by atoms with E-state index >= 15 is 0 Å². The first kappa shape index (κ1) is 15.0. The molecule has 1 saturated carbocycles. The molecule has 0 amide bonds. The van der Waals surface area contributed by atoms with Crippen LogP contribution in [0, 0.1) is 11.8 Å². The summed E-state index contributed by atoms with van der Waals surface area (Å²) in [7, 11) is 2.27. The third-order valence-electron chi connectivity index (χ3n) is 3.81. The molecule has 1 unspecified atom stereocenters. The van der Waals surface area contributed by atoms with E-state index in [2.05, 4.69) is 38.0 Å². The first-order valence-electron chi connectivity index (χ1n) is 7.55. The minimum absolute atomic E-state index is 0.723. The average Bonchev–Trinajstić information content (AvgIpc) is 2.76. The third-order valence-corrected chi connectivity index (χ3v) is 3.81. The van der Waals surface area contributed by atoms with Crippen LogP contribution in [-0.2, 0) is 0 Å². The number of nitrogens with zero attached hydrogens (tertiary/aromatic N) is 1. The zero-order chi connectivity index (χ0) is 12.7. The van der Waals surface area contributed by atoms with Crippen molar-refractivity contribution in [3.63, 3.8) is 0 Å². The van der Waals surface area contributed by atoms with E-state index in [1.54, 1.807) is 0 Å². The van der Waals surface area contributed by atoms with Gasteiger partial charge in [0.25, 0.3) is 0 Å². The lowest BCUT2D eigenvalue weighted by Crippen LogP contribution is -2.45. The molecule has 2 nitrogen and oxygen atoms in total. The van der Waals surface area contributed by atoms with E-state index in [1.165, 1.54) is 51.7 Å². The lowest BCUT2D eigenvalue weighted by atomic mass is 9.97. The van der Waals surface area contributed by atoms with Crippen molar-refractivity contribution in [3.05, 3.63) is 0 Å². The molecule has 1 N–H and O–H groups in total. The molecule has 1 aliphatic rings. The Kier molecular flexibility index (Phi) is 7.14. The Morgan fingerprint density at radius 1 is 1.18 bits per heavy atom. The van der Waals surface area contributed by atoms with Crippen LogP contribution >= 0.6 is 0 Å². The van der Waals surface area contributed by atoms with Crippen LogP contribution in [0.5, 0.6) is 0 Å². The van der Waals surface area contributed by atoms with E-state index in [-0.39, 0.29) is 0 Å². The predicted octanol–water partition coefficient (Wildman–Crippen LogP) is 3.13. The molecule has 2 heteroatoms. The summed E-state index contributed by atoms with van der Waals surface area (Å²) < 4.78 is 0. The highest BCUT2D eigenvalue weighted by Crippen LogP contribution is 2.28. The zero-order valence-corrected chi connectivity index (χ0v) is 12.3. The number of rotatable bonds is 8. The molecule has 0 aromatic heterocycles. The fraction of sp³-hybridized carbons (Fsp3) is 1.00. The van der Waals surface area contributed by atoms with Gasteiger partial charge in [-0.15, -0.1) is 0 Å². The maximum atomic E-state index is 3.77. The van der Waals surface area contributed by atoms with Gasteiger partial charge in [0.1, 0.15) is 0 Å². The number of nitrogens with one attached hydrogen (secondary N) is 1. The summed E-state index contributed by atoms with van der Waals surface area (Å²) in [6, 6.07) is 0.723. The van der Waals surface area contributed by atoms with Crippen LogP contribution < -0.4 is 5.32 Å². The highest BCUT2D eigenvalue weighted by molar-refractivity contribution is 4.82. The lowest BCUT2D eigenvalue weighted by Gasteiger charge is -2.30.